The topological polar surface area (TPSA) is 69.1 Å². The summed E-state index contributed by atoms with van der Waals surface area (Å²) in [7, 11) is 0. The molecule has 0 saturated heterocycles. The summed E-state index contributed by atoms with van der Waals surface area (Å²) in [5.74, 6) is -0.546. The lowest BCUT2D eigenvalue weighted by Crippen LogP contribution is -2.51. The Morgan fingerprint density at radius 1 is 1.60 bits per heavy atom. The predicted octanol–water partition coefficient (Wildman–Crippen LogP) is 1.12. The average Bonchev–Trinajstić information content (AvgIpc) is 2.15. The van der Waals surface area contributed by atoms with Crippen LogP contribution >= 0.6 is 11.8 Å². The molecule has 0 aliphatic rings. The van der Waals surface area contributed by atoms with E-state index >= 15 is 0 Å². The number of halogens is 1. The van der Waals surface area contributed by atoms with Crippen LogP contribution < -0.4 is 11.5 Å². The van der Waals surface area contributed by atoms with E-state index in [1.54, 1.807) is 19.1 Å². The van der Waals surface area contributed by atoms with Crippen molar-refractivity contribution in [2.45, 2.75) is 17.4 Å². The van der Waals surface area contributed by atoms with Crippen molar-refractivity contribution in [3.8, 4) is 0 Å². The highest BCUT2D eigenvalue weighted by molar-refractivity contribution is 7.99. The lowest BCUT2D eigenvalue weighted by Gasteiger charge is -2.19. The van der Waals surface area contributed by atoms with Crippen molar-refractivity contribution in [1.29, 1.82) is 0 Å². The molecule has 0 aliphatic heterocycles. The smallest absolute Gasteiger partial charge is 0.238 e. The molecule has 0 aliphatic carbocycles. The maximum Gasteiger partial charge on any atom is 0.238 e. The van der Waals surface area contributed by atoms with Crippen LogP contribution in [0.15, 0.2) is 29.2 Å². The molecule has 1 unspecified atom stereocenters. The number of thioether (sulfide) groups is 1. The first-order valence-electron chi connectivity index (χ1n) is 4.39. The summed E-state index contributed by atoms with van der Waals surface area (Å²) in [5.41, 5.74) is 9.70. The number of nitrogens with two attached hydrogens (primary N) is 2. The third-order valence-corrected chi connectivity index (χ3v) is 3.23. The molecule has 1 atom stereocenters. The van der Waals surface area contributed by atoms with Crippen molar-refractivity contribution in [2.24, 2.45) is 11.5 Å². The van der Waals surface area contributed by atoms with Gasteiger partial charge >= 0.3 is 0 Å². The summed E-state index contributed by atoms with van der Waals surface area (Å²) >= 11 is 1.30. The van der Waals surface area contributed by atoms with Gasteiger partial charge in [0, 0.05) is 10.6 Å². The van der Waals surface area contributed by atoms with Crippen LogP contribution in [0.25, 0.3) is 0 Å². The normalized spacial score (nSPS) is 14.6. The maximum atomic E-state index is 12.8. The number of hydrogen-bond acceptors (Lipinski definition) is 3. The van der Waals surface area contributed by atoms with Crippen LogP contribution in [0.2, 0.25) is 0 Å². The first-order valence-corrected chi connectivity index (χ1v) is 5.37. The lowest BCUT2D eigenvalue weighted by molar-refractivity contribution is -0.121. The Morgan fingerprint density at radius 2 is 2.27 bits per heavy atom. The fraction of sp³-hybridized carbons (Fsp3) is 0.300. The molecular weight excluding hydrogens is 215 g/mol. The highest BCUT2D eigenvalue weighted by atomic mass is 32.2. The second-order valence-electron chi connectivity index (χ2n) is 3.53. The van der Waals surface area contributed by atoms with Gasteiger partial charge in [-0.1, -0.05) is 6.07 Å². The Morgan fingerprint density at radius 3 is 2.80 bits per heavy atom. The quantitative estimate of drug-likeness (QED) is 0.759. The van der Waals surface area contributed by atoms with Crippen molar-refractivity contribution in [1.82, 2.24) is 0 Å². The van der Waals surface area contributed by atoms with Gasteiger partial charge in [0.05, 0.1) is 0 Å². The largest absolute Gasteiger partial charge is 0.368 e. The van der Waals surface area contributed by atoms with Crippen LogP contribution in [0.3, 0.4) is 0 Å². The first kappa shape index (κ1) is 12.0. The molecule has 0 aromatic heterocycles. The van der Waals surface area contributed by atoms with Crippen molar-refractivity contribution >= 4 is 17.7 Å². The monoisotopic (exact) mass is 228 g/mol. The average molecular weight is 228 g/mol. The highest BCUT2D eigenvalue weighted by Gasteiger charge is 2.25. The molecule has 15 heavy (non-hydrogen) atoms. The summed E-state index contributed by atoms with van der Waals surface area (Å²) in [5, 5.41) is 0. The van der Waals surface area contributed by atoms with E-state index in [2.05, 4.69) is 0 Å². The Hall–Kier alpha value is -1.07. The summed E-state index contributed by atoms with van der Waals surface area (Å²) in [4.78, 5) is 11.6. The Labute approximate surface area is 92.0 Å². The molecule has 1 rings (SSSR count). The number of primary amides is 1. The van der Waals surface area contributed by atoms with Gasteiger partial charge in [-0.3, -0.25) is 4.79 Å². The van der Waals surface area contributed by atoms with Gasteiger partial charge in [0.25, 0.3) is 0 Å². The van der Waals surface area contributed by atoms with Crippen molar-refractivity contribution in [3.05, 3.63) is 30.1 Å². The zero-order valence-electron chi connectivity index (χ0n) is 8.37. The number of carbonyl (C=O) groups excluding carboxylic acids is 1. The van der Waals surface area contributed by atoms with Gasteiger partial charge in [-0.15, -0.1) is 11.8 Å². The van der Waals surface area contributed by atoms with Gasteiger partial charge < -0.3 is 11.5 Å². The van der Waals surface area contributed by atoms with Crippen molar-refractivity contribution < 1.29 is 9.18 Å². The van der Waals surface area contributed by atoms with Crippen LogP contribution in [-0.4, -0.2) is 17.2 Å². The first-order chi connectivity index (χ1) is 6.92. The third-order valence-electron chi connectivity index (χ3n) is 1.90. The second kappa shape index (κ2) is 4.63. The van der Waals surface area contributed by atoms with E-state index in [1.807, 2.05) is 0 Å². The van der Waals surface area contributed by atoms with Crippen LogP contribution in [0.1, 0.15) is 6.92 Å². The lowest BCUT2D eigenvalue weighted by atomic mass is 10.1. The van der Waals surface area contributed by atoms with E-state index in [0.717, 1.165) is 4.90 Å². The predicted molar refractivity (Wildman–Crippen MR) is 58.9 cm³/mol. The molecule has 5 heteroatoms. The molecule has 3 nitrogen and oxygen atoms in total. The SMILES string of the molecule is CC(N)(CSc1cccc(F)c1)C(N)=O. The molecule has 0 heterocycles. The zero-order chi connectivity index (χ0) is 11.5. The van der Waals surface area contributed by atoms with Crippen molar-refractivity contribution in [2.75, 3.05) is 5.75 Å². The number of benzene rings is 1. The molecule has 82 valence electrons. The van der Waals surface area contributed by atoms with E-state index < -0.39 is 11.4 Å². The Balaban J connectivity index is 2.61. The van der Waals surface area contributed by atoms with Crippen LogP contribution in [0, 0.1) is 5.82 Å². The molecule has 1 amide bonds. The molecular formula is C10H13FN2OS. The second-order valence-corrected chi connectivity index (χ2v) is 4.58. The standard InChI is InChI=1S/C10H13FN2OS/c1-10(13,9(12)14)6-15-8-4-2-3-7(11)5-8/h2-5H,6,13H2,1H3,(H2,12,14). The fourth-order valence-corrected chi connectivity index (χ4v) is 1.84. The van der Waals surface area contributed by atoms with E-state index in [9.17, 15) is 9.18 Å². The summed E-state index contributed by atoms with van der Waals surface area (Å²) in [6, 6.07) is 6.11. The molecule has 0 fully saturated rings. The summed E-state index contributed by atoms with van der Waals surface area (Å²) in [6.45, 7) is 1.56. The molecule has 1 aromatic rings. The van der Waals surface area contributed by atoms with Gasteiger partial charge in [0.1, 0.15) is 11.4 Å². The van der Waals surface area contributed by atoms with E-state index in [0.29, 0.717) is 5.75 Å². The Bertz CT molecular complexity index is 368. The molecule has 0 spiro atoms. The Kier molecular flexibility index (Phi) is 3.71. The minimum absolute atomic E-state index is 0.308. The number of hydrogen-bond donors (Lipinski definition) is 2. The minimum atomic E-state index is -1.07. The van der Waals surface area contributed by atoms with Crippen LogP contribution in [0.5, 0.6) is 0 Å². The maximum absolute atomic E-state index is 12.8. The minimum Gasteiger partial charge on any atom is -0.368 e. The number of rotatable bonds is 4. The van der Waals surface area contributed by atoms with Gasteiger partial charge in [0.15, 0.2) is 0 Å². The number of amides is 1. The van der Waals surface area contributed by atoms with E-state index in [1.165, 1.54) is 23.9 Å². The molecule has 0 saturated carbocycles. The summed E-state index contributed by atoms with van der Waals surface area (Å²) < 4.78 is 12.8. The van der Waals surface area contributed by atoms with Gasteiger partial charge in [-0.05, 0) is 25.1 Å². The van der Waals surface area contributed by atoms with Gasteiger partial charge in [-0.2, -0.15) is 0 Å². The number of carbonyl (C=O) groups is 1. The third kappa shape index (κ3) is 3.53. The zero-order valence-corrected chi connectivity index (χ0v) is 9.18. The van der Waals surface area contributed by atoms with Gasteiger partial charge in [0.2, 0.25) is 5.91 Å². The molecule has 4 N–H and O–H groups in total. The van der Waals surface area contributed by atoms with Crippen LogP contribution in [0.4, 0.5) is 4.39 Å². The van der Waals surface area contributed by atoms with Gasteiger partial charge in [-0.25, -0.2) is 4.39 Å². The molecule has 0 radical (unpaired) electrons. The molecule has 1 aromatic carbocycles. The highest BCUT2D eigenvalue weighted by Crippen LogP contribution is 2.21. The molecule has 0 bridgehead atoms. The summed E-state index contributed by atoms with van der Waals surface area (Å²) in [6.07, 6.45) is 0. The fourth-order valence-electron chi connectivity index (χ4n) is 0.861. The van der Waals surface area contributed by atoms with E-state index in [4.69, 9.17) is 11.5 Å². The van der Waals surface area contributed by atoms with Crippen molar-refractivity contribution in [3.63, 3.8) is 0 Å². The van der Waals surface area contributed by atoms with E-state index in [-0.39, 0.29) is 5.82 Å². The van der Waals surface area contributed by atoms with Crippen LogP contribution in [-0.2, 0) is 4.79 Å².